The van der Waals surface area contributed by atoms with Gasteiger partial charge in [-0.2, -0.15) is 0 Å². The molecular formula is C12H20O2Si. The molecule has 1 aromatic carbocycles. The van der Waals surface area contributed by atoms with Gasteiger partial charge < -0.3 is 9.53 Å². The van der Waals surface area contributed by atoms with E-state index in [0.29, 0.717) is 5.75 Å². The largest absolute Gasteiger partial charge is 0.544 e. The normalized spacial score (nSPS) is 11.9. The van der Waals surface area contributed by atoms with Gasteiger partial charge in [-0.3, -0.25) is 0 Å². The monoisotopic (exact) mass is 224 g/mol. The van der Waals surface area contributed by atoms with Gasteiger partial charge in [-0.1, -0.05) is 26.8 Å². The van der Waals surface area contributed by atoms with E-state index in [1.165, 1.54) is 5.56 Å². The van der Waals surface area contributed by atoms with Gasteiger partial charge in [0.2, 0.25) is 9.04 Å². The third-order valence-corrected chi connectivity index (χ3v) is 2.91. The number of hydrogen-bond acceptors (Lipinski definition) is 2. The molecule has 84 valence electrons. The Morgan fingerprint density at radius 2 is 1.80 bits per heavy atom. The van der Waals surface area contributed by atoms with Crippen LogP contribution in [0.2, 0.25) is 13.1 Å². The zero-order valence-electron chi connectivity index (χ0n) is 10.2. The molecule has 0 fully saturated rings. The molecule has 1 N–H and O–H groups in total. The summed E-state index contributed by atoms with van der Waals surface area (Å²) >= 11 is 0. The minimum atomic E-state index is -1.16. The van der Waals surface area contributed by atoms with E-state index in [4.69, 9.17) is 4.43 Å². The van der Waals surface area contributed by atoms with E-state index in [0.717, 1.165) is 0 Å². The Morgan fingerprint density at radius 1 is 1.20 bits per heavy atom. The van der Waals surface area contributed by atoms with Crippen LogP contribution in [0.3, 0.4) is 0 Å². The van der Waals surface area contributed by atoms with Gasteiger partial charge in [-0.15, -0.1) is 0 Å². The fraction of sp³-hybridized carbons (Fsp3) is 0.500. The second-order valence-corrected chi connectivity index (χ2v) is 7.43. The van der Waals surface area contributed by atoms with E-state index in [1.54, 1.807) is 6.07 Å². The standard InChI is InChI=1S/C12H20O2Si/c1-12(2,3)9-6-7-10(13)11(8-9)14-15(4)5/h6-8,13,15H,1-5H3. The summed E-state index contributed by atoms with van der Waals surface area (Å²) in [5.41, 5.74) is 1.27. The van der Waals surface area contributed by atoms with Crippen molar-refractivity contribution in [3.05, 3.63) is 23.8 Å². The fourth-order valence-electron chi connectivity index (χ4n) is 1.33. The van der Waals surface area contributed by atoms with Crippen molar-refractivity contribution < 1.29 is 9.53 Å². The maximum atomic E-state index is 9.65. The average Bonchev–Trinajstić information content (AvgIpc) is 2.06. The Kier molecular flexibility index (Phi) is 3.45. The van der Waals surface area contributed by atoms with Crippen LogP contribution in [0, 0.1) is 0 Å². The second-order valence-electron chi connectivity index (χ2n) is 5.10. The lowest BCUT2D eigenvalue weighted by Crippen LogP contribution is -2.14. The highest BCUT2D eigenvalue weighted by Gasteiger charge is 2.16. The fourth-order valence-corrected chi connectivity index (χ4v) is 2.03. The van der Waals surface area contributed by atoms with Crippen molar-refractivity contribution >= 4 is 9.04 Å². The van der Waals surface area contributed by atoms with E-state index < -0.39 is 9.04 Å². The first-order valence-electron chi connectivity index (χ1n) is 5.31. The van der Waals surface area contributed by atoms with Crippen molar-refractivity contribution in [3.63, 3.8) is 0 Å². The first kappa shape index (κ1) is 12.1. The number of hydrogen-bond donors (Lipinski definition) is 1. The van der Waals surface area contributed by atoms with Gasteiger partial charge in [-0.05, 0) is 36.2 Å². The second kappa shape index (κ2) is 4.27. The highest BCUT2D eigenvalue weighted by atomic mass is 28.3. The van der Waals surface area contributed by atoms with Crippen molar-refractivity contribution in [2.75, 3.05) is 0 Å². The molecule has 3 heteroatoms. The first-order chi connectivity index (χ1) is 6.80. The molecule has 0 aliphatic rings. The molecule has 0 aliphatic heterocycles. The summed E-state index contributed by atoms with van der Waals surface area (Å²) in [6, 6.07) is 5.61. The summed E-state index contributed by atoms with van der Waals surface area (Å²) in [5.74, 6) is 0.869. The Morgan fingerprint density at radius 3 is 2.27 bits per heavy atom. The number of phenols is 1. The maximum Gasteiger partial charge on any atom is 0.229 e. The van der Waals surface area contributed by atoms with E-state index in [-0.39, 0.29) is 11.2 Å². The van der Waals surface area contributed by atoms with Gasteiger partial charge in [0.1, 0.15) is 5.75 Å². The molecule has 15 heavy (non-hydrogen) atoms. The first-order valence-corrected chi connectivity index (χ1v) is 8.09. The van der Waals surface area contributed by atoms with Gasteiger partial charge in [0.25, 0.3) is 0 Å². The molecule has 0 unspecified atom stereocenters. The van der Waals surface area contributed by atoms with Crippen LogP contribution in [-0.2, 0) is 5.41 Å². The van der Waals surface area contributed by atoms with Gasteiger partial charge in [-0.25, -0.2) is 0 Å². The zero-order chi connectivity index (χ0) is 11.6. The van der Waals surface area contributed by atoms with Gasteiger partial charge in [0, 0.05) is 0 Å². The summed E-state index contributed by atoms with van der Waals surface area (Å²) < 4.78 is 5.67. The van der Waals surface area contributed by atoms with Gasteiger partial charge >= 0.3 is 0 Å². The Labute approximate surface area is 93.6 Å². The molecular weight excluding hydrogens is 204 g/mol. The van der Waals surface area contributed by atoms with E-state index >= 15 is 0 Å². The lowest BCUT2D eigenvalue weighted by atomic mass is 9.87. The molecule has 0 aliphatic carbocycles. The lowest BCUT2D eigenvalue weighted by molar-refractivity contribution is 0.438. The third-order valence-electron chi connectivity index (χ3n) is 2.19. The highest BCUT2D eigenvalue weighted by molar-refractivity contribution is 6.49. The molecule has 0 saturated carbocycles. The van der Waals surface area contributed by atoms with Crippen LogP contribution >= 0.6 is 0 Å². The Balaban J connectivity index is 3.06. The molecule has 2 nitrogen and oxygen atoms in total. The van der Waals surface area contributed by atoms with Crippen molar-refractivity contribution in [2.45, 2.75) is 39.3 Å². The van der Waals surface area contributed by atoms with Crippen LogP contribution in [0.15, 0.2) is 18.2 Å². The molecule has 0 saturated heterocycles. The number of phenolic OH excluding ortho intramolecular Hbond substituents is 1. The molecule has 0 spiro atoms. The molecule has 1 rings (SSSR count). The summed E-state index contributed by atoms with van der Waals surface area (Å²) in [6.45, 7) is 10.6. The summed E-state index contributed by atoms with van der Waals surface area (Å²) in [6.07, 6.45) is 0. The van der Waals surface area contributed by atoms with Crippen LogP contribution in [0.4, 0.5) is 0 Å². The average molecular weight is 224 g/mol. The van der Waals surface area contributed by atoms with Crippen LogP contribution in [0.5, 0.6) is 11.5 Å². The molecule has 0 amide bonds. The number of rotatable bonds is 2. The van der Waals surface area contributed by atoms with Crippen LogP contribution in [0.25, 0.3) is 0 Å². The topological polar surface area (TPSA) is 29.5 Å². The van der Waals surface area contributed by atoms with E-state index in [1.807, 2.05) is 12.1 Å². The summed E-state index contributed by atoms with van der Waals surface area (Å²) in [5, 5.41) is 9.65. The molecule has 0 aromatic heterocycles. The summed E-state index contributed by atoms with van der Waals surface area (Å²) in [4.78, 5) is 0. The van der Waals surface area contributed by atoms with Crippen LogP contribution in [0.1, 0.15) is 26.3 Å². The quantitative estimate of drug-likeness (QED) is 0.782. The number of benzene rings is 1. The van der Waals surface area contributed by atoms with Crippen molar-refractivity contribution in [3.8, 4) is 11.5 Å². The zero-order valence-corrected chi connectivity index (χ0v) is 11.3. The van der Waals surface area contributed by atoms with Crippen LogP contribution < -0.4 is 4.43 Å². The van der Waals surface area contributed by atoms with E-state index in [9.17, 15) is 5.11 Å². The van der Waals surface area contributed by atoms with Crippen molar-refractivity contribution in [2.24, 2.45) is 0 Å². The predicted molar refractivity (Wildman–Crippen MR) is 66.3 cm³/mol. The SMILES string of the molecule is C[SiH](C)Oc1cc(C(C)(C)C)ccc1O. The molecule has 0 heterocycles. The minimum absolute atomic E-state index is 0.0876. The highest BCUT2D eigenvalue weighted by Crippen LogP contribution is 2.32. The predicted octanol–water partition coefficient (Wildman–Crippen LogP) is 3.05. The van der Waals surface area contributed by atoms with Gasteiger partial charge in [0.15, 0.2) is 5.75 Å². The number of aromatic hydroxyl groups is 1. The van der Waals surface area contributed by atoms with Crippen molar-refractivity contribution in [1.29, 1.82) is 0 Å². The molecule has 0 radical (unpaired) electrons. The molecule has 0 atom stereocenters. The molecule has 1 aromatic rings. The maximum absolute atomic E-state index is 9.65. The summed E-state index contributed by atoms with van der Waals surface area (Å²) in [7, 11) is -1.16. The van der Waals surface area contributed by atoms with Crippen LogP contribution in [-0.4, -0.2) is 14.1 Å². The Bertz CT molecular complexity index is 340. The van der Waals surface area contributed by atoms with Crippen molar-refractivity contribution in [1.82, 2.24) is 0 Å². The lowest BCUT2D eigenvalue weighted by Gasteiger charge is -2.21. The smallest absolute Gasteiger partial charge is 0.229 e. The molecule has 0 bridgehead atoms. The van der Waals surface area contributed by atoms with Gasteiger partial charge in [0.05, 0.1) is 0 Å². The minimum Gasteiger partial charge on any atom is -0.544 e. The Hall–Kier alpha value is -0.963. The third kappa shape index (κ3) is 3.27. The van der Waals surface area contributed by atoms with E-state index in [2.05, 4.69) is 33.9 Å².